The zero-order valence-corrected chi connectivity index (χ0v) is 11.1. The Hall–Kier alpha value is -1.90. The molecule has 6 nitrogen and oxygen atoms in total. The molecular weight excluding hydrogens is 246 g/mol. The largest absolute Gasteiger partial charge is 0.358 e. The Morgan fingerprint density at radius 1 is 1.37 bits per heavy atom. The van der Waals surface area contributed by atoms with E-state index in [0.717, 1.165) is 25.7 Å². The first kappa shape index (κ1) is 15.2. The monoisotopic (exact) mass is 265 g/mol. The molecule has 0 saturated carbocycles. The molecule has 19 heavy (non-hydrogen) atoms. The van der Waals surface area contributed by atoms with Crippen molar-refractivity contribution in [3.63, 3.8) is 0 Å². The first-order valence-corrected chi connectivity index (χ1v) is 6.52. The van der Waals surface area contributed by atoms with Gasteiger partial charge >= 0.3 is 0 Å². The average molecular weight is 265 g/mol. The minimum Gasteiger partial charge on any atom is -0.358 e. The predicted octanol–water partition coefficient (Wildman–Crippen LogP) is 0.234. The van der Waals surface area contributed by atoms with Gasteiger partial charge in [-0.25, -0.2) is 0 Å². The molecule has 104 valence electrons. The number of hydrogen-bond acceptors (Lipinski definition) is 4. The van der Waals surface area contributed by atoms with E-state index in [1.54, 1.807) is 6.07 Å². The molecule has 1 atom stereocenters. The van der Waals surface area contributed by atoms with Gasteiger partial charge in [0.25, 0.3) is 0 Å². The number of nitriles is 1. The number of carbonyl (C=O) groups excluding carboxylic acids is 3. The summed E-state index contributed by atoms with van der Waals surface area (Å²) in [5.41, 5.74) is 0. The van der Waals surface area contributed by atoms with Crippen LogP contribution in [0, 0.1) is 17.2 Å². The maximum absolute atomic E-state index is 11.9. The van der Waals surface area contributed by atoms with Gasteiger partial charge < -0.3 is 10.2 Å². The lowest BCUT2D eigenvalue weighted by Crippen LogP contribution is -2.42. The topological polar surface area (TPSA) is 90.3 Å². The van der Waals surface area contributed by atoms with Gasteiger partial charge in [-0.2, -0.15) is 5.26 Å². The summed E-state index contributed by atoms with van der Waals surface area (Å²) in [6.45, 7) is 0.376. The van der Waals surface area contributed by atoms with Crippen molar-refractivity contribution in [2.24, 2.45) is 5.92 Å². The van der Waals surface area contributed by atoms with Crippen molar-refractivity contribution in [3.8, 4) is 6.07 Å². The molecule has 6 heteroatoms. The van der Waals surface area contributed by atoms with Crippen molar-refractivity contribution in [2.45, 2.75) is 32.1 Å². The van der Waals surface area contributed by atoms with Crippen molar-refractivity contribution >= 4 is 17.6 Å². The molecular formula is C13H19N3O3. The smallest absolute Gasteiger partial charge is 0.244 e. The second-order valence-electron chi connectivity index (χ2n) is 4.62. The van der Waals surface area contributed by atoms with Gasteiger partial charge in [0.15, 0.2) is 11.7 Å². The summed E-state index contributed by atoms with van der Waals surface area (Å²) < 4.78 is 0. The normalized spacial score (nSPS) is 17.9. The maximum Gasteiger partial charge on any atom is 0.244 e. The summed E-state index contributed by atoms with van der Waals surface area (Å²) in [6, 6.07) is 1.69. The Bertz CT molecular complexity index is 400. The summed E-state index contributed by atoms with van der Waals surface area (Å²) in [4.78, 5) is 36.6. The Morgan fingerprint density at radius 3 is 2.68 bits per heavy atom. The quantitative estimate of drug-likeness (QED) is 0.737. The molecule has 0 spiro atoms. The Balaban J connectivity index is 2.65. The molecule has 0 radical (unpaired) electrons. The van der Waals surface area contributed by atoms with Crippen LogP contribution in [0.1, 0.15) is 32.1 Å². The molecule has 0 aliphatic carbocycles. The Labute approximate surface area is 112 Å². The summed E-state index contributed by atoms with van der Waals surface area (Å²) in [7, 11) is 1.38. The molecule has 2 amide bonds. The van der Waals surface area contributed by atoms with Crippen LogP contribution in [0.3, 0.4) is 0 Å². The third-order valence-electron chi connectivity index (χ3n) is 3.23. The minimum absolute atomic E-state index is 0.0679. The van der Waals surface area contributed by atoms with Gasteiger partial charge in [0.05, 0.1) is 12.6 Å². The van der Waals surface area contributed by atoms with E-state index in [1.807, 2.05) is 0 Å². The molecule has 1 aliphatic rings. The molecule has 0 unspecified atom stereocenters. The molecule has 0 aromatic rings. The van der Waals surface area contributed by atoms with Crippen LogP contribution in [-0.4, -0.2) is 42.6 Å². The van der Waals surface area contributed by atoms with Crippen LogP contribution in [0.2, 0.25) is 0 Å². The number of hydrogen-bond donors (Lipinski definition) is 1. The van der Waals surface area contributed by atoms with Crippen molar-refractivity contribution in [1.82, 2.24) is 10.2 Å². The van der Waals surface area contributed by atoms with Gasteiger partial charge in [-0.15, -0.1) is 0 Å². The molecule has 0 aromatic carbocycles. The SMILES string of the molecule is CNC(=O)[C@H](C#N)C(=O)CN1CCCCCCC1=O. The zero-order chi connectivity index (χ0) is 14.3. The lowest BCUT2D eigenvalue weighted by Gasteiger charge is -2.24. The highest BCUT2D eigenvalue weighted by Gasteiger charge is 2.28. The summed E-state index contributed by atoms with van der Waals surface area (Å²) in [5, 5.41) is 11.1. The number of rotatable bonds is 4. The third-order valence-corrected chi connectivity index (χ3v) is 3.23. The number of ketones is 1. The number of Topliss-reactive ketones (excluding diaryl/α,β-unsaturated/α-hetero) is 1. The van der Waals surface area contributed by atoms with E-state index >= 15 is 0 Å². The number of nitrogens with zero attached hydrogens (tertiary/aromatic N) is 2. The average Bonchev–Trinajstić information content (AvgIpc) is 2.39. The third kappa shape index (κ3) is 4.36. The van der Waals surface area contributed by atoms with Crippen molar-refractivity contribution in [2.75, 3.05) is 20.1 Å². The highest BCUT2D eigenvalue weighted by atomic mass is 16.2. The van der Waals surface area contributed by atoms with Crippen LogP contribution < -0.4 is 5.32 Å². The van der Waals surface area contributed by atoms with Gasteiger partial charge in [0.2, 0.25) is 11.8 Å². The lowest BCUT2D eigenvalue weighted by molar-refractivity contribution is -0.139. The van der Waals surface area contributed by atoms with Gasteiger partial charge in [-0.3, -0.25) is 14.4 Å². The molecule has 1 rings (SSSR count). The molecule has 1 N–H and O–H groups in total. The van der Waals surface area contributed by atoms with E-state index in [9.17, 15) is 14.4 Å². The Kier molecular flexibility index (Phi) is 6.00. The van der Waals surface area contributed by atoms with Crippen LogP contribution in [0.5, 0.6) is 0 Å². The van der Waals surface area contributed by atoms with Crippen molar-refractivity contribution in [3.05, 3.63) is 0 Å². The molecule has 1 aliphatic heterocycles. The van der Waals surface area contributed by atoms with Gasteiger partial charge in [0, 0.05) is 20.0 Å². The van der Waals surface area contributed by atoms with E-state index in [0.29, 0.717) is 13.0 Å². The van der Waals surface area contributed by atoms with Crippen LogP contribution in [0.4, 0.5) is 0 Å². The van der Waals surface area contributed by atoms with Crippen LogP contribution in [-0.2, 0) is 14.4 Å². The van der Waals surface area contributed by atoms with Crippen LogP contribution >= 0.6 is 0 Å². The summed E-state index contributed by atoms with van der Waals surface area (Å²) >= 11 is 0. The van der Waals surface area contributed by atoms with E-state index in [1.165, 1.54) is 11.9 Å². The first-order chi connectivity index (χ1) is 9.10. The summed E-state index contributed by atoms with van der Waals surface area (Å²) in [5.74, 6) is -2.53. The molecule has 1 saturated heterocycles. The van der Waals surface area contributed by atoms with E-state index in [-0.39, 0.29) is 12.5 Å². The van der Waals surface area contributed by atoms with Gasteiger partial charge in [0.1, 0.15) is 0 Å². The molecule has 1 heterocycles. The second kappa shape index (κ2) is 7.52. The first-order valence-electron chi connectivity index (χ1n) is 6.52. The summed E-state index contributed by atoms with van der Waals surface area (Å²) in [6.07, 6.45) is 4.20. The van der Waals surface area contributed by atoms with Crippen LogP contribution in [0.15, 0.2) is 0 Å². The Morgan fingerprint density at radius 2 is 2.05 bits per heavy atom. The number of nitrogens with one attached hydrogen (secondary N) is 1. The second-order valence-corrected chi connectivity index (χ2v) is 4.62. The highest BCUT2D eigenvalue weighted by molar-refractivity contribution is 6.05. The molecule has 0 aromatic heterocycles. The fourth-order valence-corrected chi connectivity index (χ4v) is 2.08. The fourth-order valence-electron chi connectivity index (χ4n) is 2.08. The van der Waals surface area contributed by atoms with Gasteiger partial charge in [-0.1, -0.05) is 12.8 Å². The van der Waals surface area contributed by atoms with Crippen molar-refractivity contribution in [1.29, 1.82) is 5.26 Å². The number of likely N-dealkylation sites (tertiary alicyclic amines) is 1. The molecule has 1 fully saturated rings. The van der Waals surface area contributed by atoms with Gasteiger partial charge in [-0.05, 0) is 12.8 Å². The highest BCUT2D eigenvalue weighted by Crippen LogP contribution is 2.12. The number of amides is 2. The fraction of sp³-hybridized carbons (Fsp3) is 0.692. The standard InChI is InChI=1S/C13H19N3O3/c1-15-13(19)10(8-14)11(17)9-16-7-5-3-2-4-6-12(16)18/h10H,2-7,9H2,1H3,(H,15,19)/t10-/m1/s1. The van der Waals surface area contributed by atoms with E-state index in [4.69, 9.17) is 5.26 Å². The van der Waals surface area contributed by atoms with Crippen LogP contribution in [0.25, 0.3) is 0 Å². The predicted molar refractivity (Wildman–Crippen MR) is 67.8 cm³/mol. The van der Waals surface area contributed by atoms with E-state index in [2.05, 4.69) is 5.32 Å². The van der Waals surface area contributed by atoms with E-state index < -0.39 is 17.6 Å². The molecule has 0 bridgehead atoms. The number of carbonyl (C=O) groups is 3. The van der Waals surface area contributed by atoms with Crippen molar-refractivity contribution < 1.29 is 14.4 Å². The zero-order valence-electron chi connectivity index (χ0n) is 11.1. The maximum atomic E-state index is 11.9. The lowest BCUT2D eigenvalue weighted by atomic mass is 10.0. The minimum atomic E-state index is -1.33.